The first kappa shape index (κ1) is 30.5. The van der Waals surface area contributed by atoms with Crippen molar-refractivity contribution in [1.29, 1.82) is 0 Å². The number of carbonyl (C=O) groups is 4. The Hall–Kier alpha value is -4.08. The van der Waals surface area contributed by atoms with E-state index in [1.54, 1.807) is 11.8 Å². The number of nitrogens with zero attached hydrogens (tertiary/aromatic N) is 2. The van der Waals surface area contributed by atoms with E-state index in [1.807, 2.05) is 60.7 Å². The molecule has 4 rings (SSSR count). The standard InChI is InChI=1S/C16H21NO4.C14H17NO4/c1-2-20-15(18)14-9-6-10-17(11-14)16(19)21-12-13-7-4-3-5-8-13;16-13(17)12-7-4-8-15(9-12)14(18)19-10-11-5-2-1-3-6-11/h3-5,7-8,14H,2,6,9-12H2,1H3;1-3,5-6,12H,4,7-10H2,(H,16,17)/t14-;12-/m00/s1. The average molecular weight is 555 g/mol. The summed E-state index contributed by atoms with van der Waals surface area (Å²) in [6, 6.07) is 19.0. The average Bonchev–Trinajstić information content (AvgIpc) is 3.00. The molecule has 10 heteroatoms. The normalized spacial score (nSPS) is 18.5. The highest BCUT2D eigenvalue weighted by Gasteiger charge is 2.30. The highest BCUT2D eigenvalue weighted by Crippen LogP contribution is 2.19. The second-order valence-corrected chi connectivity index (χ2v) is 9.74. The molecule has 2 saturated heterocycles. The van der Waals surface area contributed by atoms with Crippen LogP contribution in [0.5, 0.6) is 0 Å². The Kier molecular flexibility index (Phi) is 12.3. The molecule has 0 spiro atoms. The van der Waals surface area contributed by atoms with Crippen LogP contribution in [0, 0.1) is 11.8 Å². The first-order chi connectivity index (χ1) is 19.4. The van der Waals surface area contributed by atoms with E-state index in [4.69, 9.17) is 19.3 Å². The molecule has 2 aromatic rings. The summed E-state index contributed by atoms with van der Waals surface area (Å²) >= 11 is 0. The van der Waals surface area contributed by atoms with Gasteiger partial charge in [-0.1, -0.05) is 60.7 Å². The number of carbonyl (C=O) groups excluding carboxylic acids is 3. The van der Waals surface area contributed by atoms with Gasteiger partial charge in [-0.25, -0.2) is 9.59 Å². The highest BCUT2D eigenvalue weighted by molar-refractivity contribution is 5.75. The van der Waals surface area contributed by atoms with Gasteiger partial charge >= 0.3 is 24.1 Å². The highest BCUT2D eigenvalue weighted by atomic mass is 16.6. The van der Waals surface area contributed by atoms with Gasteiger partial charge in [0.1, 0.15) is 13.2 Å². The number of carboxylic acid groups (broad SMARTS) is 1. The minimum absolute atomic E-state index is 0.216. The van der Waals surface area contributed by atoms with Gasteiger partial charge in [-0.3, -0.25) is 9.59 Å². The zero-order valence-electron chi connectivity index (χ0n) is 22.9. The van der Waals surface area contributed by atoms with E-state index < -0.39 is 18.0 Å². The molecule has 0 aromatic heterocycles. The molecule has 2 atom stereocenters. The van der Waals surface area contributed by atoms with Crippen LogP contribution in [0.1, 0.15) is 43.7 Å². The zero-order valence-corrected chi connectivity index (χ0v) is 22.9. The molecule has 2 fully saturated rings. The van der Waals surface area contributed by atoms with Gasteiger partial charge in [0.05, 0.1) is 18.4 Å². The predicted molar refractivity (Wildman–Crippen MR) is 146 cm³/mol. The number of hydrogen-bond acceptors (Lipinski definition) is 7. The van der Waals surface area contributed by atoms with Crippen LogP contribution in [0.2, 0.25) is 0 Å². The number of benzene rings is 2. The van der Waals surface area contributed by atoms with E-state index in [9.17, 15) is 19.2 Å². The van der Waals surface area contributed by atoms with Crippen LogP contribution in [0.3, 0.4) is 0 Å². The van der Waals surface area contributed by atoms with Crippen molar-refractivity contribution >= 4 is 24.1 Å². The molecule has 216 valence electrons. The van der Waals surface area contributed by atoms with Crippen molar-refractivity contribution in [3.8, 4) is 0 Å². The Morgan fingerprint density at radius 3 is 1.62 bits per heavy atom. The third-order valence-corrected chi connectivity index (χ3v) is 6.74. The van der Waals surface area contributed by atoms with Crippen molar-refractivity contribution in [2.75, 3.05) is 32.8 Å². The first-order valence-electron chi connectivity index (χ1n) is 13.7. The van der Waals surface area contributed by atoms with Crippen molar-refractivity contribution in [3.05, 3.63) is 71.8 Å². The van der Waals surface area contributed by atoms with Crippen LogP contribution >= 0.6 is 0 Å². The van der Waals surface area contributed by atoms with Crippen LogP contribution in [-0.4, -0.2) is 71.8 Å². The summed E-state index contributed by atoms with van der Waals surface area (Å²) in [5.74, 6) is -1.78. The number of hydrogen-bond donors (Lipinski definition) is 1. The minimum Gasteiger partial charge on any atom is -0.481 e. The summed E-state index contributed by atoms with van der Waals surface area (Å²) in [6.45, 7) is 4.44. The van der Waals surface area contributed by atoms with Gasteiger partial charge in [-0.05, 0) is 43.7 Å². The molecule has 0 saturated carbocycles. The van der Waals surface area contributed by atoms with Crippen LogP contribution in [0.4, 0.5) is 9.59 Å². The molecule has 1 N–H and O–H groups in total. The molecule has 0 aliphatic carbocycles. The fraction of sp³-hybridized carbons (Fsp3) is 0.467. The molecule has 2 aromatic carbocycles. The third kappa shape index (κ3) is 9.91. The van der Waals surface area contributed by atoms with Crippen LogP contribution in [-0.2, 0) is 37.0 Å². The second-order valence-electron chi connectivity index (χ2n) is 9.74. The predicted octanol–water partition coefficient (Wildman–Crippen LogP) is 4.72. The summed E-state index contributed by atoms with van der Waals surface area (Å²) in [7, 11) is 0. The van der Waals surface area contributed by atoms with E-state index in [1.165, 1.54) is 4.90 Å². The Bertz CT molecular complexity index is 1100. The van der Waals surface area contributed by atoms with Crippen molar-refractivity contribution in [3.63, 3.8) is 0 Å². The van der Waals surface area contributed by atoms with E-state index in [0.29, 0.717) is 39.1 Å². The van der Waals surface area contributed by atoms with Gasteiger partial charge in [0, 0.05) is 26.2 Å². The minimum atomic E-state index is -0.847. The van der Waals surface area contributed by atoms with Gasteiger partial charge in [0.25, 0.3) is 0 Å². The Labute approximate surface area is 234 Å². The largest absolute Gasteiger partial charge is 0.481 e. The lowest BCUT2D eigenvalue weighted by Gasteiger charge is -2.30. The number of amides is 2. The lowest BCUT2D eigenvalue weighted by Crippen LogP contribution is -2.43. The number of esters is 1. The summed E-state index contributed by atoms with van der Waals surface area (Å²) < 4.78 is 15.5. The summed E-state index contributed by atoms with van der Waals surface area (Å²) in [5.41, 5.74) is 1.87. The fourth-order valence-corrected chi connectivity index (χ4v) is 4.56. The number of likely N-dealkylation sites (tertiary alicyclic amines) is 2. The van der Waals surface area contributed by atoms with Gasteiger partial charge in [-0.2, -0.15) is 0 Å². The number of carboxylic acids is 1. The maximum Gasteiger partial charge on any atom is 0.410 e. The molecule has 2 amide bonds. The van der Waals surface area contributed by atoms with Crippen LogP contribution in [0.15, 0.2) is 60.7 Å². The number of aliphatic carboxylic acids is 1. The first-order valence-corrected chi connectivity index (χ1v) is 13.7. The van der Waals surface area contributed by atoms with Crippen molar-refractivity contribution < 1.29 is 38.5 Å². The number of ether oxygens (including phenoxy) is 3. The van der Waals surface area contributed by atoms with Crippen LogP contribution in [0.25, 0.3) is 0 Å². The Morgan fingerprint density at radius 2 is 1.18 bits per heavy atom. The van der Waals surface area contributed by atoms with E-state index in [0.717, 1.165) is 24.0 Å². The molecule has 40 heavy (non-hydrogen) atoms. The monoisotopic (exact) mass is 554 g/mol. The summed E-state index contributed by atoms with van der Waals surface area (Å²) in [5, 5.41) is 8.97. The lowest BCUT2D eigenvalue weighted by molar-refractivity contribution is -0.149. The van der Waals surface area contributed by atoms with Gasteiger partial charge in [0.2, 0.25) is 0 Å². The molecule has 2 aliphatic heterocycles. The van der Waals surface area contributed by atoms with Gasteiger partial charge < -0.3 is 29.1 Å². The quantitative estimate of drug-likeness (QED) is 0.385. The summed E-state index contributed by atoms with van der Waals surface area (Å²) in [4.78, 5) is 49.6. The smallest absolute Gasteiger partial charge is 0.410 e. The Balaban J connectivity index is 0.000000222. The SMILES string of the molecule is CCOC(=O)[C@H]1CCCN(C(=O)OCc2ccccc2)C1.O=C(O)[C@H]1CCCN(C(=O)OCc2ccccc2)C1. The molecule has 2 aliphatic rings. The van der Waals surface area contributed by atoms with Gasteiger partial charge in [0.15, 0.2) is 0 Å². The molecule has 2 heterocycles. The topological polar surface area (TPSA) is 123 Å². The molecular formula is C30H38N2O8. The molecule has 0 unspecified atom stereocenters. The molecule has 0 bridgehead atoms. The molecule has 10 nitrogen and oxygen atoms in total. The van der Waals surface area contributed by atoms with Crippen molar-refractivity contribution in [2.45, 2.75) is 45.8 Å². The second kappa shape index (κ2) is 16.1. The van der Waals surface area contributed by atoms with Crippen LogP contribution < -0.4 is 0 Å². The van der Waals surface area contributed by atoms with E-state index in [2.05, 4.69) is 0 Å². The number of piperidine rings is 2. The van der Waals surface area contributed by atoms with Crippen molar-refractivity contribution in [1.82, 2.24) is 9.80 Å². The Morgan fingerprint density at radius 1 is 0.725 bits per heavy atom. The molecule has 0 radical (unpaired) electrons. The maximum absolute atomic E-state index is 12.0. The maximum atomic E-state index is 12.0. The lowest BCUT2D eigenvalue weighted by atomic mass is 9.99. The van der Waals surface area contributed by atoms with Crippen molar-refractivity contribution in [2.24, 2.45) is 11.8 Å². The van der Waals surface area contributed by atoms with Gasteiger partial charge in [-0.15, -0.1) is 0 Å². The number of rotatable bonds is 7. The summed E-state index contributed by atoms with van der Waals surface area (Å²) in [6.07, 6.45) is 2.09. The van der Waals surface area contributed by atoms with E-state index in [-0.39, 0.29) is 37.7 Å². The zero-order chi connectivity index (χ0) is 28.7. The molecular weight excluding hydrogens is 516 g/mol. The third-order valence-electron chi connectivity index (χ3n) is 6.74. The van der Waals surface area contributed by atoms with E-state index >= 15 is 0 Å². The fourth-order valence-electron chi connectivity index (χ4n) is 4.56.